The zero-order valence-corrected chi connectivity index (χ0v) is 19.4. The summed E-state index contributed by atoms with van der Waals surface area (Å²) in [7, 11) is 1.61. The van der Waals surface area contributed by atoms with Crippen molar-refractivity contribution in [2.75, 3.05) is 13.7 Å². The minimum Gasteiger partial charge on any atom is -0.481 e. The van der Waals surface area contributed by atoms with Gasteiger partial charge in [0.25, 0.3) is 0 Å². The lowest BCUT2D eigenvalue weighted by molar-refractivity contribution is -0.138. The van der Waals surface area contributed by atoms with Crippen LogP contribution < -0.4 is 5.32 Å². The molecule has 8 nitrogen and oxygen atoms in total. The van der Waals surface area contributed by atoms with E-state index in [1.165, 1.54) is 4.90 Å². The third kappa shape index (κ3) is 5.66. The van der Waals surface area contributed by atoms with Crippen LogP contribution in [-0.2, 0) is 20.9 Å². The molecule has 0 saturated carbocycles. The highest BCUT2D eigenvalue weighted by Gasteiger charge is 2.30. The van der Waals surface area contributed by atoms with Crippen molar-refractivity contribution in [2.45, 2.75) is 31.3 Å². The standard InChI is InChI=1S/C27H27N3O5/c1-30(16-18-12-14-28-15-13-18)26(33)24(10-11-25(31)32)29-27(34)35-17-23-21-8-4-2-6-19(21)20-7-3-5-9-22(20)23/h2-9,12-15,23-24H,10-11,16-17H2,1H3,(H,29,34)(H,31,32). The highest BCUT2D eigenvalue weighted by molar-refractivity contribution is 5.86. The second kappa shape index (κ2) is 10.8. The van der Waals surface area contributed by atoms with Gasteiger partial charge in [-0.3, -0.25) is 14.6 Å². The van der Waals surface area contributed by atoms with Crippen LogP contribution in [0.25, 0.3) is 11.1 Å². The number of carboxylic acid groups (broad SMARTS) is 1. The lowest BCUT2D eigenvalue weighted by atomic mass is 9.98. The molecule has 180 valence electrons. The van der Waals surface area contributed by atoms with Gasteiger partial charge in [-0.2, -0.15) is 0 Å². The zero-order chi connectivity index (χ0) is 24.8. The Kier molecular flexibility index (Phi) is 7.40. The van der Waals surface area contributed by atoms with Gasteiger partial charge in [0.15, 0.2) is 0 Å². The average Bonchev–Trinajstić information content (AvgIpc) is 3.19. The number of hydrogen-bond acceptors (Lipinski definition) is 5. The summed E-state index contributed by atoms with van der Waals surface area (Å²) in [5.74, 6) is -1.55. The molecule has 2 aromatic carbocycles. The van der Waals surface area contributed by atoms with Gasteiger partial charge in [-0.25, -0.2) is 4.79 Å². The first-order chi connectivity index (χ1) is 16.9. The minimum atomic E-state index is -1.05. The van der Waals surface area contributed by atoms with Gasteiger partial charge in [0.1, 0.15) is 12.6 Å². The maximum Gasteiger partial charge on any atom is 0.407 e. The van der Waals surface area contributed by atoms with E-state index in [0.29, 0.717) is 6.54 Å². The molecular weight excluding hydrogens is 446 g/mol. The first kappa shape index (κ1) is 23.9. The largest absolute Gasteiger partial charge is 0.481 e. The lowest BCUT2D eigenvalue weighted by Gasteiger charge is -2.24. The van der Waals surface area contributed by atoms with Crippen molar-refractivity contribution in [3.8, 4) is 11.1 Å². The van der Waals surface area contributed by atoms with Crippen molar-refractivity contribution in [3.05, 3.63) is 89.7 Å². The number of carbonyl (C=O) groups is 3. The van der Waals surface area contributed by atoms with E-state index in [2.05, 4.69) is 10.3 Å². The van der Waals surface area contributed by atoms with Gasteiger partial charge in [-0.15, -0.1) is 0 Å². The molecule has 0 fully saturated rings. The molecule has 1 aliphatic rings. The number of carbonyl (C=O) groups excluding carboxylic acids is 2. The van der Waals surface area contributed by atoms with Crippen molar-refractivity contribution < 1.29 is 24.2 Å². The number of nitrogens with one attached hydrogen (secondary N) is 1. The number of ether oxygens (including phenoxy) is 1. The van der Waals surface area contributed by atoms with Crippen LogP contribution in [0.1, 0.15) is 35.4 Å². The van der Waals surface area contributed by atoms with E-state index in [1.54, 1.807) is 31.6 Å². The molecule has 4 rings (SSSR count). The second-order valence-corrected chi connectivity index (χ2v) is 8.50. The van der Waals surface area contributed by atoms with E-state index in [1.807, 2.05) is 48.5 Å². The summed E-state index contributed by atoms with van der Waals surface area (Å²) >= 11 is 0. The summed E-state index contributed by atoms with van der Waals surface area (Å²) in [4.78, 5) is 42.3. The predicted octanol–water partition coefficient (Wildman–Crippen LogP) is 3.81. The van der Waals surface area contributed by atoms with Gasteiger partial charge in [-0.05, 0) is 46.4 Å². The predicted molar refractivity (Wildman–Crippen MR) is 130 cm³/mol. The number of benzene rings is 2. The molecule has 1 heterocycles. The summed E-state index contributed by atoms with van der Waals surface area (Å²) in [6.45, 7) is 0.407. The molecule has 0 saturated heterocycles. The van der Waals surface area contributed by atoms with Gasteiger partial charge in [0.2, 0.25) is 5.91 Å². The summed E-state index contributed by atoms with van der Waals surface area (Å²) in [5.41, 5.74) is 5.26. The Bertz CT molecular complexity index is 1170. The fourth-order valence-electron chi connectivity index (χ4n) is 4.41. The van der Waals surface area contributed by atoms with Crippen molar-refractivity contribution in [2.24, 2.45) is 0 Å². The number of amides is 2. The molecule has 0 bridgehead atoms. The first-order valence-corrected chi connectivity index (χ1v) is 11.4. The van der Waals surface area contributed by atoms with Gasteiger partial charge in [0.05, 0.1) is 0 Å². The lowest BCUT2D eigenvalue weighted by Crippen LogP contribution is -2.47. The monoisotopic (exact) mass is 473 g/mol. The number of fused-ring (bicyclic) bond motifs is 3. The number of carboxylic acids is 1. The number of likely N-dealkylation sites (N-methyl/N-ethyl adjacent to an activating group) is 1. The Morgan fingerprint density at radius 1 is 1.00 bits per heavy atom. The molecule has 8 heteroatoms. The summed E-state index contributed by atoms with van der Waals surface area (Å²) in [6.07, 6.45) is 2.20. The normalized spacial score (nSPS) is 12.8. The maximum atomic E-state index is 13.0. The van der Waals surface area contributed by atoms with Crippen LogP contribution in [0.15, 0.2) is 73.1 Å². The highest BCUT2D eigenvalue weighted by atomic mass is 16.5. The number of rotatable bonds is 9. The smallest absolute Gasteiger partial charge is 0.407 e. The molecule has 1 aliphatic carbocycles. The Morgan fingerprint density at radius 2 is 1.60 bits per heavy atom. The van der Waals surface area contributed by atoms with Gasteiger partial charge < -0.3 is 20.1 Å². The number of alkyl carbamates (subject to hydrolysis) is 1. The van der Waals surface area contributed by atoms with E-state index in [0.717, 1.165) is 27.8 Å². The molecule has 1 unspecified atom stereocenters. The van der Waals surface area contributed by atoms with Gasteiger partial charge >= 0.3 is 12.1 Å². The van der Waals surface area contributed by atoms with Crippen LogP contribution in [-0.4, -0.2) is 52.7 Å². The average molecular weight is 474 g/mol. The molecule has 2 amide bonds. The highest BCUT2D eigenvalue weighted by Crippen LogP contribution is 2.44. The molecule has 0 spiro atoms. The third-order valence-electron chi connectivity index (χ3n) is 6.13. The Labute approximate surface area is 203 Å². The van der Waals surface area contributed by atoms with Crippen LogP contribution in [0.3, 0.4) is 0 Å². The van der Waals surface area contributed by atoms with E-state index in [-0.39, 0.29) is 25.4 Å². The van der Waals surface area contributed by atoms with E-state index in [9.17, 15) is 14.4 Å². The number of aliphatic carboxylic acids is 1. The molecule has 0 radical (unpaired) electrons. The fourth-order valence-corrected chi connectivity index (χ4v) is 4.41. The SMILES string of the molecule is CN(Cc1ccncc1)C(=O)C(CCC(=O)O)NC(=O)OCC1c2ccccc2-c2ccccc21. The third-order valence-corrected chi connectivity index (χ3v) is 6.13. The topological polar surface area (TPSA) is 109 Å². The molecule has 0 aliphatic heterocycles. The molecular formula is C27H27N3O5. The maximum absolute atomic E-state index is 13.0. The molecule has 1 aromatic heterocycles. The minimum absolute atomic E-state index is 0.0426. The molecule has 35 heavy (non-hydrogen) atoms. The zero-order valence-electron chi connectivity index (χ0n) is 19.4. The van der Waals surface area contributed by atoms with Crippen LogP contribution in [0.5, 0.6) is 0 Å². The number of aromatic nitrogens is 1. The number of hydrogen-bond donors (Lipinski definition) is 2. The van der Waals surface area contributed by atoms with E-state index in [4.69, 9.17) is 9.84 Å². The Hall–Kier alpha value is -4.20. The van der Waals surface area contributed by atoms with Gasteiger partial charge in [0, 0.05) is 38.3 Å². The van der Waals surface area contributed by atoms with Crippen molar-refractivity contribution in [1.82, 2.24) is 15.2 Å². The fraction of sp³-hybridized carbons (Fsp3) is 0.259. The van der Waals surface area contributed by atoms with E-state index >= 15 is 0 Å². The summed E-state index contributed by atoms with van der Waals surface area (Å²) in [5, 5.41) is 11.7. The molecule has 2 N–H and O–H groups in total. The first-order valence-electron chi connectivity index (χ1n) is 11.4. The Balaban J connectivity index is 1.42. The van der Waals surface area contributed by atoms with Crippen LogP contribution >= 0.6 is 0 Å². The van der Waals surface area contributed by atoms with Crippen LogP contribution in [0.4, 0.5) is 4.79 Å². The van der Waals surface area contributed by atoms with Crippen molar-refractivity contribution in [1.29, 1.82) is 0 Å². The summed E-state index contributed by atoms with van der Waals surface area (Å²) < 4.78 is 5.55. The summed E-state index contributed by atoms with van der Waals surface area (Å²) in [6, 6.07) is 18.6. The van der Waals surface area contributed by atoms with Gasteiger partial charge in [-0.1, -0.05) is 48.5 Å². The number of pyridine rings is 1. The number of nitrogens with zero attached hydrogens (tertiary/aromatic N) is 2. The van der Waals surface area contributed by atoms with Crippen molar-refractivity contribution in [3.63, 3.8) is 0 Å². The Morgan fingerprint density at radius 3 is 2.20 bits per heavy atom. The van der Waals surface area contributed by atoms with Crippen LogP contribution in [0.2, 0.25) is 0 Å². The quantitative estimate of drug-likeness (QED) is 0.489. The second-order valence-electron chi connectivity index (χ2n) is 8.50. The van der Waals surface area contributed by atoms with Crippen LogP contribution in [0, 0.1) is 0 Å². The molecule has 1 atom stereocenters. The van der Waals surface area contributed by atoms with E-state index < -0.39 is 24.0 Å². The van der Waals surface area contributed by atoms with Crippen molar-refractivity contribution >= 4 is 18.0 Å². The molecule has 3 aromatic rings.